The number of aromatic amines is 1. The molecule has 24 heavy (non-hydrogen) atoms. The van der Waals surface area contributed by atoms with Gasteiger partial charge < -0.3 is 14.3 Å². The van der Waals surface area contributed by atoms with E-state index in [0.29, 0.717) is 6.61 Å². The number of imidazole rings is 2. The van der Waals surface area contributed by atoms with Crippen LogP contribution in [0.25, 0.3) is 16.9 Å². The summed E-state index contributed by atoms with van der Waals surface area (Å²) < 4.78 is 7.67. The molecular weight excluding hydrogens is 300 g/mol. The molecule has 0 saturated heterocycles. The molecule has 1 N–H and O–H groups in total. The molecule has 0 amide bonds. The molecule has 0 aliphatic heterocycles. The minimum absolute atomic E-state index is 0.414. The highest BCUT2D eigenvalue weighted by Gasteiger charge is 2.05. The van der Waals surface area contributed by atoms with Crippen molar-refractivity contribution in [1.29, 1.82) is 0 Å². The number of aromatic nitrogens is 4. The molecule has 4 rings (SSSR count). The first-order valence-electron chi connectivity index (χ1n) is 7.69. The van der Waals surface area contributed by atoms with Crippen LogP contribution in [0.4, 0.5) is 0 Å². The van der Waals surface area contributed by atoms with Gasteiger partial charge in [-0.15, -0.1) is 0 Å². The quantitative estimate of drug-likeness (QED) is 0.608. The lowest BCUT2D eigenvalue weighted by Crippen LogP contribution is -1.97. The molecule has 2 heterocycles. The first kappa shape index (κ1) is 14.3. The van der Waals surface area contributed by atoms with Gasteiger partial charge >= 0.3 is 0 Å². The lowest BCUT2D eigenvalue weighted by atomic mass is 10.1. The van der Waals surface area contributed by atoms with E-state index in [-0.39, 0.29) is 0 Å². The van der Waals surface area contributed by atoms with E-state index in [1.165, 1.54) is 0 Å². The van der Waals surface area contributed by atoms with E-state index in [1.807, 2.05) is 47.3 Å². The Labute approximate surface area is 139 Å². The number of H-pyrrole nitrogens is 1. The molecule has 0 saturated carbocycles. The maximum absolute atomic E-state index is 5.71. The van der Waals surface area contributed by atoms with Crippen molar-refractivity contribution >= 4 is 0 Å². The number of rotatable bonds is 5. The van der Waals surface area contributed by atoms with E-state index in [2.05, 4.69) is 39.2 Å². The van der Waals surface area contributed by atoms with E-state index in [4.69, 9.17) is 4.74 Å². The van der Waals surface area contributed by atoms with Crippen molar-refractivity contribution in [1.82, 2.24) is 19.5 Å². The van der Waals surface area contributed by atoms with Crippen molar-refractivity contribution in [3.05, 3.63) is 85.3 Å². The Morgan fingerprint density at radius 1 is 1.00 bits per heavy atom. The van der Waals surface area contributed by atoms with Gasteiger partial charge in [0.2, 0.25) is 0 Å². The number of nitrogens with zero attached hydrogens (tertiary/aromatic N) is 3. The van der Waals surface area contributed by atoms with Crippen LogP contribution in [0.1, 0.15) is 5.82 Å². The fraction of sp³-hybridized carbons (Fsp3) is 0.0526. The molecule has 0 aliphatic rings. The Morgan fingerprint density at radius 2 is 1.83 bits per heavy atom. The van der Waals surface area contributed by atoms with Gasteiger partial charge in [-0.2, -0.15) is 0 Å². The Bertz CT molecular complexity index is 896. The van der Waals surface area contributed by atoms with Gasteiger partial charge in [-0.05, 0) is 29.8 Å². The average Bonchev–Trinajstić information content (AvgIpc) is 3.33. The molecule has 0 aliphatic carbocycles. The van der Waals surface area contributed by atoms with Crippen LogP contribution in [-0.4, -0.2) is 19.5 Å². The summed E-state index contributed by atoms with van der Waals surface area (Å²) in [6.45, 7) is 0.414. The van der Waals surface area contributed by atoms with Crippen molar-refractivity contribution in [2.45, 2.75) is 6.61 Å². The van der Waals surface area contributed by atoms with E-state index < -0.39 is 0 Å². The number of para-hydroxylation sites is 1. The maximum atomic E-state index is 5.71. The van der Waals surface area contributed by atoms with Crippen LogP contribution < -0.4 is 4.74 Å². The second-order valence-electron chi connectivity index (χ2n) is 5.36. The molecule has 2 aromatic carbocycles. The zero-order chi connectivity index (χ0) is 16.2. The van der Waals surface area contributed by atoms with Crippen LogP contribution in [0.5, 0.6) is 5.75 Å². The maximum Gasteiger partial charge on any atom is 0.146 e. The SMILES string of the molecule is c1ccc(OCc2ncc(-c3ccc(-n4ccnc4)cc3)[nH]2)cc1. The van der Waals surface area contributed by atoms with E-state index in [0.717, 1.165) is 28.5 Å². The van der Waals surface area contributed by atoms with Crippen molar-refractivity contribution in [2.75, 3.05) is 0 Å². The van der Waals surface area contributed by atoms with Gasteiger partial charge in [0.15, 0.2) is 0 Å². The summed E-state index contributed by atoms with van der Waals surface area (Å²) >= 11 is 0. The Balaban J connectivity index is 1.46. The Kier molecular flexibility index (Phi) is 3.81. The molecule has 0 fully saturated rings. The topological polar surface area (TPSA) is 55.7 Å². The zero-order valence-corrected chi connectivity index (χ0v) is 13.0. The number of benzene rings is 2. The zero-order valence-electron chi connectivity index (χ0n) is 13.0. The molecule has 0 radical (unpaired) electrons. The van der Waals surface area contributed by atoms with Crippen molar-refractivity contribution in [2.24, 2.45) is 0 Å². The monoisotopic (exact) mass is 316 g/mol. The number of nitrogens with one attached hydrogen (secondary N) is 1. The lowest BCUT2D eigenvalue weighted by molar-refractivity contribution is 0.297. The summed E-state index contributed by atoms with van der Waals surface area (Å²) in [7, 11) is 0. The third kappa shape index (κ3) is 3.05. The first-order valence-corrected chi connectivity index (χ1v) is 7.69. The van der Waals surface area contributed by atoms with E-state index >= 15 is 0 Å². The minimum atomic E-state index is 0.414. The summed E-state index contributed by atoms with van der Waals surface area (Å²) in [5, 5.41) is 0. The van der Waals surface area contributed by atoms with Gasteiger partial charge in [0, 0.05) is 18.1 Å². The van der Waals surface area contributed by atoms with Gasteiger partial charge in [0.25, 0.3) is 0 Å². The highest BCUT2D eigenvalue weighted by molar-refractivity contribution is 5.60. The van der Waals surface area contributed by atoms with Gasteiger partial charge in [-0.1, -0.05) is 30.3 Å². The smallest absolute Gasteiger partial charge is 0.146 e. The van der Waals surface area contributed by atoms with Crippen LogP contribution >= 0.6 is 0 Å². The number of hydrogen-bond acceptors (Lipinski definition) is 3. The lowest BCUT2D eigenvalue weighted by Gasteiger charge is -2.04. The summed E-state index contributed by atoms with van der Waals surface area (Å²) in [6.07, 6.45) is 7.30. The van der Waals surface area contributed by atoms with E-state index in [1.54, 1.807) is 12.5 Å². The molecule has 0 bridgehead atoms. The van der Waals surface area contributed by atoms with Crippen LogP contribution in [0.2, 0.25) is 0 Å². The number of hydrogen-bond donors (Lipinski definition) is 1. The molecule has 2 aromatic heterocycles. The third-order valence-electron chi connectivity index (χ3n) is 3.73. The van der Waals surface area contributed by atoms with Gasteiger partial charge in [0.1, 0.15) is 18.2 Å². The largest absolute Gasteiger partial charge is 0.486 e. The highest BCUT2D eigenvalue weighted by atomic mass is 16.5. The second-order valence-corrected chi connectivity index (χ2v) is 5.36. The van der Waals surface area contributed by atoms with Crippen molar-refractivity contribution in [3.8, 4) is 22.7 Å². The summed E-state index contributed by atoms with van der Waals surface area (Å²) in [5.41, 5.74) is 3.12. The summed E-state index contributed by atoms with van der Waals surface area (Å²) in [6, 6.07) is 17.9. The van der Waals surface area contributed by atoms with Crippen LogP contribution in [0.3, 0.4) is 0 Å². The second kappa shape index (κ2) is 6.42. The molecule has 0 spiro atoms. The molecule has 0 atom stereocenters. The molecule has 4 aromatic rings. The van der Waals surface area contributed by atoms with Crippen molar-refractivity contribution in [3.63, 3.8) is 0 Å². The van der Waals surface area contributed by atoms with Crippen molar-refractivity contribution < 1.29 is 4.74 Å². The molecule has 5 heteroatoms. The third-order valence-corrected chi connectivity index (χ3v) is 3.73. The predicted molar refractivity (Wildman–Crippen MR) is 91.9 cm³/mol. The molecular formula is C19H16N4O. The Hall–Kier alpha value is -3.34. The first-order chi connectivity index (χ1) is 11.9. The van der Waals surface area contributed by atoms with Gasteiger partial charge in [0.05, 0.1) is 18.2 Å². The minimum Gasteiger partial charge on any atom is -0.486 e. The molecule has 118 valence electrons. The van der Waals surface area contributed by atoms with Crippen LogP contribution in [0.15, 0.2) is 79.5 Å². The summed E-state index contributed by atoms with van der Waals surface area (Å²) in [4.78, 5) is 11.7. The standard InChI is InChI=1S/C19H16N4O/c1-2-4-17(5-3-1)24-13-19-21-12-18(22-19)15-6-8-16(9-7-15)23-11-10-20-14-23/h1-12,14H,13H2,(H,21,22). The van der Waals surface area contributed by atoms with Gasteiger partial charge in [-0.3, -0.25) is 0 Å². The molecule has 5 nitrogen and oxygen atoms in total. The average molecular weight is 316 g/mol. The van der Waals surface area contributed by atoms with Crippen LogP contribution in [-0.2, 0) is 6.61 Å². The highest BCUT2D eigenvalue weighted by Crippen LogP contribution is 2.20. The summed E-state index contributed by atoms with van der Waals surface area (Å²) in [5.74, 6) is 1.63. The van der Waals surface area contributed by atoms with Gasteiger partial charge in [-0.25, -0.2) is 9.97 Å². The van der Waals surface area contributed by atoms with E-state index in [9.17, 15) is 0 Å². The predicted octanol–water partition coefficient (Wildman–Crippen LogP) is 3.84. The fourth-order valence-electron chi connectivity index (χ4n) is 2.48. The fourth-order valence-corrected chi connectivity index (χ4v) is 2.48. The Morgan fingerprint density at radius 3 is 2.58 bits per heavy atom. The molecule has 0 unspecified atom stereocenters. The number of ether oxygens (including phenoxy) is 1. The van der Waals surface area contributed by atoms with Crippen LogP contribution in [0, 0.1) is 0 Å². The normalized spacial score (nSPS) is 10.7.